The highest BCUT2D eigenvalue weighted by Crippen LogP contribution is 2.43. The third kappa shape index (κ3) is 8.54. The highest BCUT2D eigenvalue weighted by molar-refractivity contribution is 6.77. The number of carbonyl (C=O) groups is 1. The van der Waals surface area contributed by atoms with Crippen LogP contribution < -0.4 is 0 Å². The van der Waals surface area contributed by atoms with E-state index in [9.17, 15) is 4.79 Å². The van der Waals surface area contributed by atoms with E-state index >= 15 is 0 Å². The fourth-order valence-electron chi connectivity index (χ4n) is 6.35. The van der Waals surface area contributed by atoms with Crippen LogP contribution in [-0.4, -0.2) is 51.4 Å². The van der Waals surface area contributed by atoms with Crippen molar-refractivity contribution in [1.82, 2.24) is 0 Å². The summed E-state index contributed by atoms with van der Waals surface area (Å²) in [5.74, 6) is -0.293. The maximum absolute atomic E-state index is 13.2. The van der Waals surface area contributed by atoms with Crippen LogP contribution in [0.3, 0.4) is 0 Å². The molecule has 2 aromatic rings. The molecule has 0 aromatic heterocycles. The van der Waals surface area contributed by atoms with Gasteiger partial charge in [0.1, 0.15) is 18.3 Å². The average Bonchev–Trinajstić information content (AvgIpc) is 2.93. The van der Waals surface area contributed by atoms with Gasteiger partial charge in [-0.1, -0.05) is 102 Å². The molecule has 0 spiro atoms. The highest BCUT2D eigenvalue weighted by atomic mass is 28.4. The lowest BCUT2D eigenvalue weighted by Crippen LogP contribution is -2.62. The number of hydrogen-bond acceptors (Lipinski definition) is 6. The molecule has 5 atom stereocenters. The quantitative estimate of drug-likeness (QED) is 0.172. The van der Waals surface area contributed by atoms with Crippen LogP contribution in [0.4, 0.5) is 0 Å². The molecule has 1 saturated heterocycles. The Morgan fingerprint density at radius 2 is 1.21 bits per heavy atom. The molecule has 0 saturated carbocycles. The summed E-state index contributed by atoms with van der Waals surface area (Å²) in [4.78, 5) is 13.2. The van der Waals surface area contributed by atoms with Crippen LogP contribution in [0.15, 0.2) is 60.7 Å². The van der Waals surface area contributed by atoms with Crippen LogP contribution in [-0.2, 0) is 41.4 Å². The normalized spacial score (nSPS) is 23.5. The molecule has 6 nitrogen and oxygen atoms in total. The van der Waals surface area contributed by atoms with Crippen molar-refractivity contribution in [3.63, 3.8) is 0 Å². The van der Waals surface area contributed by atoms with Gasteiger partial charge in [-0.25, -0.2) is 0 Å². The Hall–Kier alpha value is -2.03. The fraction of sp³-hybridized carbons (Fsp3) is 0.629. The largest absolute Gasteiger partial charge is 0.456 e. The zero-order valence-electron chi connectivity index (χ0n) is 27.5. The van der Waals surface area contributed by atoms with E-state index < -0.39 is 44.3 Å². The minimum absolute atomic E-state index is 0.293. The summed E-state index contributed by atoms with van der Waals surface area (Å²) in [6.45, 7) is 22.4. The smallest absolute Gasteiger partial charge is 0.311 e. The van der Waals surface area contributed by atoms with Gasteiger partial charge in [0, 0.05) is 0 Å². The molecule has 1 aliphatic heterocycles. The number of ether oxygens (including phenoxy) is 4. The van der Waals surface area contributed by atoms with Gasteiger partial charge >= 0.3 is 5.97 Å². The molecule has 0 radical (unpaired) electrons. The van der Waals surface area contributed by atoms with Crippen LogP contribution in [0, 0.1) is 5.41 Å². The summed E-state index contributed by atoms with van der Waals surface area (Å²) in [5.41, 5.74) is 2.74. The molecule has 234 valence electrons. The Morgan fingerprint density at radius 1 is 0.762 bits per heavy atom. The average molecular weight is 599 g/mol. The van der Waals surface area contributed by atoms with Crippen LogP contribution in [0.25, 0.3) is 0 Å². The Morgan fingerprint density at radius 3 is 1.64 bits per heavy atom. The van der Waals surface area contributed by atoms with Gasteiger partial charge in [0.15, 0.2) is 14.4 Å². The molecule has 42 heavy (non-hydrogen) atoms. The molecule has 3 rings (SSSR count). The molecule has 0 N–H and O–H groups in total. The molecular formula is C35H54O6Si. The Kier molecular flexibility index (Phi) is 12.4. The molecule has 1 fully saturated rings. The van der Waals surface area contributed by atoms with Crippen molar-refractivity contribution in [3.8, 4) is 0 Å². The topological polar surface area (TPSA) is 63.2 Å². The van der Waals surface area contributed by atoms with E-state index in [2.05, 4.69) is 41.5 Å². The first-order valence-corrected chi connectivity index (χ1v) is 17.7. The van der Waals surface area contributed by atoms with Gasteiger partial charge in [0.25, 0.3) is 0 Å². The van der Waals surface area contributed by atoms with Crippen molar-refractivity contribution in [2.45, 2.75) is 130 Å². The summed E-state index contributed by atoms with van der Waals surface area (Å²) in [6.07, 6.45) is -2.50. The zero-order valence-corrected chi connectivity index (χ0v) is 28.5. The molecule has 7 heteroatoms. The second-order valence-corrected chi connectivity index (χ2v) is 19.1. The van der Waals surface area contributed by atoms with Gasteiger partial charge in [0.05, 0.1) is 31.3 Å². The Balaban J connectivity index is 1.98. The summed E-state index contributed by atoms with van der Waals surface area (Å²) >= 11 is 0. The molecule has 0 amide bonds. The lowest BCUT2D eigenvalue weighted by molar-refractivity contribution is -0.261. The standard InChI is InChI=1S/C35H54O6Si/c1-24(2)42(25(3)4,26(5)6)39-23-30-32(37-21-28-17-13-11-14-18-28)33(38-22-29-19-15-12-16-20-29)31(27(7)40-30)41-34(36)35(8,9)10/h11-20,24-27,30-33H,21-23H2,1-10H3/t27?,30?,31-,32-,33?/m0/s1. The molecule has 0 aliphatic carbocycles. The maximum Gasteiger partial charge on any atom is 0.311 e. The van der Waals surface area contributed by atoms with E-state index in [4.69, 9.17) is 23.4 Å². The molecule has 0 bridgehead atoms. The summed E-state index contributed by atoms with van der Waals surface area (Å²) in [7, 11) is -2.17. The number of rotatable bonds is 13. The fourth-order valence-corrected chi connectivity index (χ4v) is 11.8. The Labute approximate surface area is 255 Å². The molecule has 1 aliphatic rings. The van der Waals surface area contributed by atoms with Crippen molar-refractivity contribution < 1.29 is 28.2 Å². The molecule has 2 aromatic carbocycles. The van der Waals surface area contributed by atoms with Crippen LogP contribution in [0.1, 0.15) is 80.4 Å². The predicted octanol–water partition coefficient (Wildman–Crippen LogP) is 8.09. The lowest BCUT2D eigenvalue weighted by Gasteiger charge is -2.48. The van der Waals surface area contributed by atoms with Gasteiger partial charge in [-0.15, -0.1) is 0 Å². The van der Waals surface area contributed by atoms with Crippen molar-refractivity contribution in [2.24, 2.45) is 5.41 Å². The van der Waals surface area contributed by atoms with E-state index in [1.807, 2.05) is 88.4 Å². The third-order valence-corrected chi connectivity index (χ3v) is 14.6. The first-order chi connectivity index (χ1) is 19.8. The predicted molar refractivity (Wildman–Crippen MR) is 171 cm³/mol. The number of benzene rings is 2. The highest BCUT2D eigenvalue weighted by Gasteiger charge is 2.51. The van der Waals surface area contributed by atoms with Crippen LogP contribution in [0.2, 0.25) is 16.6 Å². The van der Waals surface area contributed by atoms with E-state index in [0.717, 1.165) is 11.1 Å². The number of hydrogen-bond donors (Lipinski definition) is 0. The van der Waals surface area contributed by atoms with Crippen molar-refractivity contribution >= 4 is 14.3 Å². The molecule has 1 heterocycles. The molecule has 3 unspecified atom stereocenters. The van der Waals surface area contributed by atoms with Crippen molar-refractivity contribution in [3.05, 3.63) is 71.8 Å². The summed E-state index contributed by atoms with van der Waals surface area (Å²) < 4.78 is 33.2. The van der Waals surface area contributed by atoms with Gasteiger partial charge in [-0.2, -0.15) is 0 Å². The van der Waals surface area contributed by atoms with Gasteiger partial charge < -0.3 is 23.4 Å². The summed E-state index contributed by atoms with van der Waals surface area (Å²) in [6, 6.07) is 20.1. The zero-order chi connectivity index (χ0) is 31.1. The minimum atomic E-state index is -2.17. The van der Waals surface area contributed by atoms with E-state index in [1.54, 1.807) is 0 Å². The van der Waals surface area contributed by atoms with Crippen LogP contribution >= 0.6 is 0 Å². The molecular weight excluding hydrogens is 544 g/mol. The lowest BCUT2D eigenvalue weighted by atomic mass is 9.93. The Bertz CT molecular complexity index is 1060. The monoisotopic (exact) mass is 598 g/mol. The van der Waals surface area contributed by atoms with Crippen molar-refractivity contribution in [1.29, 1.82) is 0 Å². The first kappa shape index (κ1) is 34.5. The maximum atomic E-state index is 13.2. The van der Waals surface area contributed by atoms with Gasteiger partial charge in [-0.3, -0.25) is 4.79 Å². The number of esters is 1. The second kappa shape index (κ2) is 15.1. The van der Waals surface area contributed by atoms with Crippen molar-refractivity contribution in [2.75, 3.05) is 6.61 Å². The second-order valence-electron chi connectivity index (χ2n) is 13.7. The minimum Gasteiger partial charge on any atom is -0.456 e. The van der Waals surface area contributed by atoms with E-state index in [1.165, 1.54) is 0 Å². The summed E-state index contributed by atoms with van der Waals surface area (Å²) in [5, 5.41) is 0. The van der Waals surface area contributed by atoms with Gasteiger partial charge in [0.2, 0.25) is 0 Å². The SMILES string of the molecule is CC1OC(CO[Si](C(C)C)(C(C)C)C(C)C)[C@H](OCc2ccccc2)C(OCc2ccccc2)[C@H]1OC(=O)C(C)(C)C. The van der Waals surface area contributed by atoms with Crippen LogP contribution in [0.5, 0.6) is 0 Å². The first-order valence-electron chi connectivity index (χ1n) is 15.6. The third-order valence-electron chi connectivity index (χ3n) is 8.50. The van der Waals surface area contributed by atoms with Gasteiger partial charge in [-0.05, 0) is 55.4 Å². The number of carbonyl (C=O) groups excluding carboxylic acids is 1. The van der Waals surface area contributed by atoms with E-state index in [0.29, 0.717) is 36.4 Å². The van der Waals surface area contributed by atoms with E-state index in [-0.39, 0.29) is 5.97 Å².